The third-order valence-corrected chi connectivity index (χ3v) is 6.00. The monoisotopic (exact) mass is 404 g/mol. The molecule has 1 unspecified atom stereocenters. The van der Waals surface area contributed by atoms with Crippen molar-refractivity contribution in [2.45, 2.75) is 24.0 Å². The third-order valence-electron chi connectivity index (χ3n) is 3.74. The SMILES string of the molecule is CCC(Nc1c(N)cc([N+](=O)[O-])c2c(S(N)(=O)=O)cccc12)P(=O)(O)O. The Labute approximate surface area is 148 Å². The Morgan fingerprint density at radius 1 is 1.38 bits per heavy atom. The van der Waals surface area contributed by atoms with Crippen LogP contribution in [0.4, 0.5) is 17.1 Å². The van der Waals surface area contributed by atoms with Crippen LogP contribution in [-0.4, -0.2) is 28.9 Å². The highest BCUT2D eigenvalue weighted by Gasteiger charge is 2.30. The predicted octanol–water partition coefficient (Wildman–Crippen LogP) is 1.30. The van der Waals surface area contributed by atoms with Gasteiger partial charge in [-0.1, -0.05) is 19.1 Å². The van der Waals surface area contributed by atoms with Crippen molar-refractivity contribution >= 4 is 45.5 Å². The topological polar surface area (TPSA) is 199 Å². The predicted molar refractivity (Wildman–Crippen MR) is 96.1 cm³/mol. The smallest absolute Gasteiger partial charge is 0.347 e. The lowest BCUT2D eigenvalue weighted by Gasteiger charge is -2.22. The number of nitro groups is 1. The zero-order valence-electron chi connectivity index (χ0n) is 13.5. The number of benzene rings is 2. The summed E-state index contributed by atoms with van der Waals surface area (Å²) < 4.78 is 35.3. The van der Waals surface area contributed by atoms with Crippen LogP contribution < -0.4 is 16.2 Å². The summed E-state index contributed by atoms with van der Waals surface area (Å²) in [6.07, 6.45) is 0.0249. The summed E-state index contributed by atoms with van der Waals surface area (Å²) in [4.78, 5) is 28.9. The van der Waals surface area contributed by atoms with Gasteiger partial charge in [0.2, 0.25) is 10.0 Å². The van der Waals surface area contributed by atoms with E-state index in [0.717, 1.165) is 12.1 Å². The van der Waals surface area contributed by atoms with Crippen molar-refractivity contribution in [3.05, 3.63) is 34.4 Å². The van der Waals surface area contributed by atoms with Gasteiger partial charge in [-0.3, -0.25) is 14.7 Å². The highest BCUT2D eigenvalue weighted by atomic mass is 32.2. The molecule has 13 heteroatoms. The Morgan fingerprint density at radius 3 is 2.46 bits per heavy atom. The number of fused-ring (bicyclic) bond motifs is 1. The average Bonchev–Trinajstić information content (AvgIpc) is 2.50. The second kappa shape index (κ2) is 6.82. The molecule has 2 aromatic rings. The van der Waals surface area contributed by atoms with E-state index in [1.807, 2.05) is 0 Å². The average molecular weight is 404 g/mol. The molecule has 142 valence electrons. The van der Waals surface area contributed by atoms with E-state index in [9.17, 15) is 32.9 Å². The van der Waals surface area contributed by atoms with Crippen LogP contribution in [0.1, 0.15) is 13.3 Å². The summed E-state index contributed by atoms with van der Waals surface area (Å²) in [5, 5.41) is 18.8. The molecule has 0 aromatic heterocycles. The molecule has 0 fully saturated rings. The van der Waals surface area contributed by atoms with E-state index in [-0.39, 0.29) is 28.6 Å². The maximum Gasteiger partial charge on any atom is 0.347 e. The second-order valence-corrected chi connectivity index (χ2v) is 8.83. The van der Waals surface area contributed by atoms with Gasteiger partial charge in [0.15, 0.2) is 0 Å². The number of nitrogens with zero attached hydrogens (tertiary/aromatic N) is 1. The Kier molecular flexibility index (Phi) is 5.26. The van der Waals surface area contributed by atoms with Gasteiger partial charge in [0, 0.05) is 11.5 Å². The molecule has 2 aromatic carbocycles. The number of nitrogens with two attached hydrogens (primary N) is 2. The van der Waals surface area contributed by atoms with Crippen LogP contribution in [0, 0.1) is 10.1 Å². The highest BCUT2D eigenvalue weighted by molar-refractivity contribution is 7.89. The number of primary sulfonamides is 1. The van der Waals surface area contributed by atoms with Crippen LogP contribution >= 0.6 is 7.60 Å². The van der Waals surface area contributed by atoms with Crippen molar-refractivity contribution in [2.75, 3.05) is 11.1 Å². The van der Waals surface area contributed by atoms with E-state index < -0.39 is 38.9 Å². The summed E-state index contributed by atoms with van der Waals surface area (Å²) in [6, 6.07) is 4.67. The van der Waals surface area contributed by atoms with Crippen LogP contribution in [0.3, 0.4) is 0 Å². The molecule has 0 aliphatic rings. The van der Waals surface area contributed by atoms with Crippen molar-refractivity contribution in [3.8, 4) is 0 Å². The van der Waals surface area contributed by atoms with Crippen LogP contribution in [0.25, 0.3) is 10.8 Å². The first-order valence-electron chi connectivity index (χ1n) is 7.22. The maximum absolute atomic E-state index is 11.8. The Hall–Kier alpha value is -2.24. The molecule has 0 heterocycles. The van der Waals surface area contributed by atoms with Gasteiger partial charge in [-0.05, 0) is 12.5 Å². The molecule has 0 saturated heterocycles. The molecule has 0 aliphatic carbocycles. The summed E-state index contributed by atoms with van der Waals surface area (Å²) in [6.45, 7) is 1.52. The van der Waals surface area contributed by atoms with Crippen molar-refractivity contribution < 1.29 is 27.7 Å². The molecule has 0 amide bonds. The van der Waals surface area contributed by atoms with E-state index >= 15 is 0 Å². The number of non-ortho nitro benzene ring substituents is 1. The van der Waals surface area contributed by atoms with Crippen molar-refractivity contribution in [1.82, 2.24) is 0 Å². The fourth-order valence-corrected chi connectivity index (χ4v) is 4.12. The normalized spacial score (nSPS) is 13.5. The fraction of sp³-hybridized carbons (Fsp3) is 0.231. The van der Waals surface area contributed by atoms with Gasteiger partial charge < -0.3 is 20.8 Å². The molecule has 1 atom stereocenters. The molecular weight excluding hydrogens is 387 g/mol. The maximum atomic E-state index is 11.8. The molecule has 0 bridgehead atoms. The van der Waals surface area contributed by atoms with Crippen molar-refractivity contribution in [1.29, 1.82) is 0 Å². The number of nitrogen functional groups attached to an aromatic ring is 1. The van der Waals surface area contributed by atoms with Crippen LogP contribution in [0.5, 0.6) is 0 Å². The Bertz CT molecular complexity index is 1030. The first kappa shape index (κ1) is 20.1. The van der Waals surface area contributed by atoms with Gasteiger partial charge in [0.05, 0.1) is 26.6 Å². The van der Waals surface area contributed by atoms with E-state index in [2.05, 4.69) is 5.32 Å². The molecule has 0 saturated carbocycles. The molecule has 7 N–H and O–H groups in total. The number of nitro benzene ring substituents is 1. The number of hydrogen-bond donors (Lipinski definition) is 5. The van der Waals surface area contributed by atoms with E-state index in [1.54, 1.807) is 0 Å². The van der Waals surface area contributed by atoms with Gasteiger partial charge in [0.1, 0.15) is 5.78 Å². The Morgan fingerprint density at radius 2 is 2.00 bits per heavy atom. The molecule has 0 aliphatic heterocycles. The number of nitrogens with one attached hydrogen (secondary N) is 1. The molecule has 26 heavy (non-hydrogen) atoms. The van der Waals surface area contributed by atoms with Gasteiger partial charge in [-0.15, -0.1) is 0 Å². The van der Waals surface area contributed by atoms with Crippen LogP contribution in [0.15, 0.2) is 29.2 Å². The molecule has 0 spiro atoms. The lowest BCUT2D eigenvalue weighted by atomic mass is 10.0. The number of anilines is 2. The van der Waals surface area contributed by atoms with Crippen molar-refractivity contribution in [3.63, 3.8) is 0 Å². The van der Waals surface area contributed by atoms with Gasteiger partial charge in [-0.25, -0.2) is 13.6 Å². The third kappa shape index (κ3) is 3.79. The molecule has 0 radical (unpaired) electrons. The zero-order valence-corrected chi connectivity index (χ0v) is 15.2. The lowest BCUT2D eigenvalue weighted by Crippen LogP contribution is -2.20. The van der Waals surface area contributed by atoms with Crippen molar-refractivity contribution in [2.24, 2.45) is 5.14 Å². The van der Waals surface area contributed by atoms with Gasteiger partial charge in [-0.2, -0.15) is 0 Å². The fourth-order valence-electron chi connectivity index (χ4n) is 2.58. The standard InChI is InChI=1S/C13H17N4O7PS/c1-2-11(25(20,21)22)16-13-7-4-3-5-10(26(15,23)24)12(7)9(17(18)19)6-8(13)14/h3-6,11,16H,2,14H2,1H3,(H2,15,23,24)(H2,20,21,22). The van der Waals surface area contributed by atoms with E-state index in [4.69, 9.17) is 10.9 Å². The quantitative estimate of drug-likeness (QED) is 0.204. The van der Waals surface area contributed by atoms with Crippen LogP contribution in [0.2, 0.25) is 0 Å². The van der Waals surface area contributed by atoms with Gasteiger partial charge >= 0.3 is 7.60 Å². The minimum atomic E-state index is -4.56. The molecule has 11 nitrogen and oxygen atoms in total. The number of rotatable bonds is 6. The zero-order chi connectivity index (χ0) is 19.9. The first-order valence-corrected chi connectivity index (χ1v) is 10.4. The van der Waals surface area contributed by atoms with E-state index in [1.165, 1.54) is 19.1 Å². The lowest BCUT2D eigenvalue weighted by molar-refractivity contribution is -0.383. The van der Waals surface area contributed by atoms with E-state index in [0.29, 0.717) is 0 Å². The molecule has 2 rings (SSSR count). The largest absolute Gasteiger partial charge is 0.397 e. The molecular formula is C13H17N4O7PS. The first-order chi connectivity index (χ1) is 11.9. The number of hydrogen-bond acceptors (Lipinski definition) is 7. The summed E-state index contributed by atoms with van der Waals surface area (Å²) >= 11 is 0. The summed E-state index contributed by atoms with van der Waals surface area (Å²) in [5.41, 5.74) is 5.06. The Balaban J connectivity index is 2.90. The highest BCUT2D eigenvalue weighted by Crippen LogP contribution is 2.46. The minimum Gasteiger partial charge on any atom is -0.397 e. The number of sulfonamides is 1. The summed E-state index contributed by atoms with van der Waals surface area (Å²) in [5.74, 6) is -1.31. The van der Waals surface area contributed by atoms with Gasteiger partial charge in [0.25, 0.3) is 5.69 Å². The van der Waals surface area contributed by atoms with Crippen LogP contribution in [-0.2, 0) is 14.6 Å². The summed E-state index contributed by atoms with van der Waals surface area (Å²) in [7, 11) is -8.86. The second-order valence-electron chi connectivity index (χ2n) is 5.50. The minimum absolute atomic E-state index is 0.00938.